The third-order valence-corrected chi connectivity index (χ3v) is 1.93. The minimum Gasteiger partial charge on any atom is -0.152 e. The molecular formula is C11H12S. The van der Waals surface area contributed by atoms with E-state index in [0.29, 0.717) is 0 Å². The van der Waals surface area contributed by atoms with Crippen molar-refractivity contribution in [2.45, 2.75) is 6.42 Å². The zero-order valence-corrected chi connectivity index (χ0v) is 7.71. The van der Waals surface area contributed by atoms with Crippen molar-refractivity contribution in [2.75, 3.05) is 0 Å². The van der Waals surface area contributed by atoms with Crippen molar-refractivity contribution >= 4 is 11.3 Å². The van der Waals surface area contributed by atoms with Crippen molar-refractivity contribution in [1.82, 2.24) is 0 Å². The van der Waals surface area contributed by atoms with Crippen LogP contribution in [0.5, 0.6) is 0 Å². The van der Waals surface area contributed by atoms with Gasteiger partial charge in [-0.2, -0.15) is 11.3 Å². The molecule has 1 aromatic rings. The molecule has 1 aliphatic carbocycles. The summed E-state index contributed by atoms with van der Waals surface area (Å²) in [6.07, 6.45) is 13.5. The minimum absolute atomic E-state index is 1.08. The second-order valence-corrected chi connectivity index (χ2v) is 3.09. The topological polar surface area (TPSA) is 0 Å². The zero-order chi connectivity index (χ0) is 8.49. The normalized spacial score (nSPS) is 13.3. The maximum absolute atomic E-state index is 2.12. The summed E-state index contributed by atoms with van der Waals surface area (Å²) in [4.78, 5) is 0. The molecule has 0 saturated carbocycles. The van der Waals surface area contributed by atoms with Crippen LogP contribution >= 0.6 is 11.3 Å². The van der Waals surface area contributed by atoms with Gasteiger partial charge in [-0.05, 0) is 17.2 Å². The van der Waals surface area contributed by atoms with Crippen LogP contribution in [0, 0.1) is 0 Å². The molecule has 0 aliphatic heterocycles. The summed E-state index contributed by atoms with van der Waals surface area (Å²) in [5.74, 6) is 0. The van der Waals surface area contributed by atoms with Crippen molar-refractivity contribution in [3.63, 3.8) is 0 Å². The molecule has 0 unspecified atom stereocenters. The summed E-state index contributed by atoms with van der Waals surface area (Å²) in [6, 6.07) is 4.04. The minimum atomic E-state index is 1.08. The third-order valence-electron chi connectivity index (χ3n) is 1.30. The Morgan fingerprint density at radius 1 is 0.750 bits per heavy atom. The van der Waals surface area contributed by atoms with Gasteiger partial charge in [0.25, 0.3) is 0 Å². The fraction of sp³-hybridized carbons (Fsp3) is 0.0909. The smallest absolute Gasteiger partial charge is 0.00934 e. The molecule has 62 valence electrons. The molecule has 0 nitrogen and oxygen atoms in total. The Labute approximate surface area is 77.6 Å². The van der Waals surface area contributed by atoms with Gasteiger partial charge in [0.05, 0.1) is 0 Å². The molecule has 0 bridgehead atoms. The van der Waals surface area contributed by atoms with Crippen LogP contribution in [0.3, 0.4) is 0 Å². The van der Waals surface area contributed by atoms with E-state index < -0.39 is 0 Å². The Kier molecular flexibility index (Phi) is 4.97. The number of hydrogen-bond acceptors (Lipinski definition) is 1. The van der Waals surface area contributed by atoms with Crippen LogP contribution in [0.4, 0.5) is 0 Å². The maximum Gasteiger partial charge on any atom is -0.00934 e. The number of thiophene rings is 1. The Bertz CT molecular complexity index is 221. The second kappa shape index (κ2) is 6.62. The Morgan fingerprint density at radius 2 is 1.33 bits per heavy atom. The standard InChI is InChI=1S/C7H8.C4H4S/c1-2-4-6-7-5-3-1;1-2-4-5-3-1/h1-6H,7H2;1-4H. The molecule has 0 atom stereocenters. The maximum atomic E-state index is 2.12. The molecule has 0 radical (unpaired) electrons. The molecule has 1 aliphatic rings. The van der Waals surface area contributed by atoms with Gasteiger partial charge in [0, 0.05) is 0 Å². The molecule has 2 rings (SSSR count). The van der Waals surface area contributed by atoms with Gasteiger partial charge in [0.2, 0.25) is 0 Å². The first-order valence-corrected chi connectivity index (χ1v) is 4.90. The molecule has 0 fully saturated rings. The average molecular weight is 176 g/mol. The Balaban J connectivity index is 0.000000127. The summed E-state index contributed by atoms with van der Waals surface area (Å²) in [5, 5.41) is 4.08. The number of hydrogen-bond donors (Lipinski definition) is 0. The van der Waals surface area contributed by atoms with Crippen LogP contribution in [-0.4, -0.2) is 0 Å². The molecule has 1 heteroatoms. The molecule has 0 aromatic carbocycles. The molecule has 1 aromatic heterocycles. The fourth-order valence-electron chi connectivity index (χ4n) is 0.748. The van der Waals surface area contributed by atoms with E-state index in [4.69, 9.17) is 0 Å². The van der Waals surface area contributed by atoms with Gasteiger partial charge < -0.3 is 0 Å². The average Bonchev–Trinajstić information content (AvgIpc) is 2.54. The van der Waals surface area contributed by atoms with Crippen LogP contribution in [0.1, 0.15) is 6.42 Å². The lowest BCUT2D eigenvalue weighted by atomic mass is 10.4. The zero-order valence-electron chi connectivity index (χ0n) is 6.89. The predicted octanol–water partition coefficient (Wildman–Crippen LogP) is 3.81. The predicted molar refractivity (Wildman–Crippen MR) is 56.4 cm³/mol. The summed E-state index contributed by atoms with van der Waals surface area (Å²) in [7, 11) is 0. The summed E-state index contributed by atoms with van der Waals surface area (Å²) >= 11 is 1.71. The van der Waals surface area contributed by atoms with E-state index in [2.05, 4.69) is 24.3 Å². The largest absolute Gasteiger partial charge is 0.152 e. The Morgan fingerprint density at radius 3 is 1.75 bits per heavy atom. The van der Waals surface area contributed by atoms with Crippen LogP contribution in [0.25, 0.3) is 0 Å². The quantitative estimate of drug-likeness (QED) is 0.564. The second-order valence-electron chi connectivity index (χ2n) is 2.27. The van der Waals surface area contributed by atoms with Crippen LogP contribution < -0.4 is 0 Å². The fourth-order valence-corrected chi connectivity index (χ4v) is 1.20. The lowest BCUT2D eigenvalue weighted by Gasteiger charge is -1.69. The molecular weight excluding hydrogens is 164 g/mol. The SMILES string of the molecule is C1=CC=CCC=C1.c1ccsc1. The van der Waals surface area contributed by atoms with Crippen molar-refractivity contribution in [1.29, 1.82) is 0 Å². The van der Waals surface area contributed by atoms with Gasteiger partial charge in [0.15, 0.2) is 0 Å². The molecule has 0 spiro atoms. The lowest BCUT2D eigenvalue weighted by Crippen LogP contribution is -1.48. The van der Waals surface area contributed by atoms with E-state index in [1.165, 1.54) is 0 Å². The first-order chi connectivity index (χ1) is 6.00. The van der Waals surface area contributed by atoms with Gasteiger partial charge in [-0.15, -0.1) is 0 Å². The van der Waals surface area contributed by atoms with Crippen LogP contribution in [0.2, 0.25) is 0 Å². The van der Waals surface area contributed by atoms with Gasteiger partial charge in [-0.3, -0.25) is 0 Å². The monoisotopic (exact) mass is 176 g/mol. The van der Waals surface area contributed by atoms with E-state index in [1.807, 2.05) is 35.0 Å². The van der Waals surface area contributed by atoms with Gasteiger partial charge in [0.1, 0.15) is 0 Å². The molecule has 0 saturated heterocycles. The third kappa shape index (κ3) is 4.69. The van der Waals surface area contributed by atoms with E-state index in [1.54, 1.807) is 11.3 Å². The van der Waals surface area contributed by atoms with Crippen molar-refractivity contribution < 1.29 is 0 Å². The first kappa shape index (κ1) is 9.01. The van der Waals surface area contributed by atoms with E-state index in [0.717, 1.165) is 6.42 Å². The van der Waals surface area contributed by atoms with Crippen LogP contribution in [0.15, 0.2) is 59.3 Å². The van der Waals surface area contributed by atoms with E-state index >= 15 is 0 Å². The van der Waals surface area contributed by atoms with Crippen LogP contribution in [-0.2, 0) is 0 Å². The van der Waals surface area contributed by atoms with Gasteiger partial charge in [-0.1, -0.05) is 48.6 Å². The molecule has 0 amide bonds. The highest BCUT2D eigenvalue weighted by molar-refractivity contribution is 7.07. The highest BCUT2D eigenvalue weighted by atomic mass is 32.1. The molecule has 0 N–H and O–H groups in total. The van der Waals surface area contributed by atoms with Gasteiger partial charge >= 0.3 is 0 Å². The number of allylic oxidation sites excluding steroid dienone is 6. The van der Waals surface area contributed by atoms with E-state index in [9.17, 15) is 0 Å². The summed E-state index contributed by atoms with van der Waals surface area (Å²) in [6.45, 7) is 0. The van der Waals surface area contributed by atoms with Crippen molar-refractivity contribution in [2.24, 2.45) is 0 Å². The van der Waals surface area contributed by atoms with Crippen molar-refractivity contribution in [3.8, 4) is 0 Å². The summed E-state index contributed by atoms with van der Waals surface area (Å²) < 4.78 is 0. The number of rotatable bonds is 0. The highest BCUT2D eigenvalue weighted by Crippen LogP contribution is 1.92. The first-order valence-electron chi connectivity index (χ1n) is 3.95. The summed E-state index contributed by atoms with van der Waals surface area (Å²) in [5.41, 5.74) is 0. The van der Waals surface area contributed by atoms with Gasteiger partial charge in [-0.25, -0.2) is 0 Å². The highest BCUT2D eigenvalue weighted by Gasteiger charge is 1.70. The van der Waals surface area contributed by atoms with Crippen molar-refractivity contribution in [3.05, 3.63) is 59.3 Å². The lowest BCUT2D eigenvalue weighted by molar-refractivity contribution is 1.41. The Hall–Kier alpha value is -1.08. The molecule has 12 heavy (non-hydrogen) atoms. The molecule has 1 heterocycles. The van der Waals surface area contributed by atoms with E-state index in [-0.39, 0.29) is 0 Å².